The van der Waals surface area contributed by atoms with Crippen molar-refractivity contribution in [3.8, 4) is 17.2 Å². The monoisotopic (exact) mass is 294 g/mol. The standard InChI is InChI=1S/C16H26N2O3/c1-19-14-9-8-12(15(20-2)16(14)21-3)13(10-17)18-11-6-4-5-7-11/h8-9,11,13,18H,4-7,10,17H2,1-3H3. The lowest BCUT2D eigenvalue weighted by molar-refractivity contribution is 0.317. The van der Waals surface area contributed by atoms with E-state index in [0.717, 1.165) is 5.56 Å². The van der Waals surface area contributed by atoms with Gasteiger partial charge < -0.3 is 25.3 Å². The van der Waals surface area contributed by atoms with E-state index >= 15 is 0 Å². The predicted molar refractivity (Wildman–Crippen MR) is 83.3 cm³/mol. The van der Waals surface area contributed by atoms with Crippen molar-refractivity contribution in [3.05, 3.63) is 17.7 Å². The van der Waals surface area contributed by atoms with Crippen LogP contribution in [0, 0.1) is 0 Å². The van der Waals surface area contributed by atoms with Gasteiger partial charge in [0.05, 0.1) is 21.3 Å². The zero-order chi connectivity index (χ0) is 15.2. The summed E-state index contributed by atoms with van der Waals surface area (Å²) in [5.41, 5.74) is 7.00. The van der Waals surface area contributed by atoms with Crippen LogP contribution < -0.4 is 25.3 Å². The van der Waals surface area contributed by atoms with Gasteiger partial charge in [-0.05, 0) is 25.0 Å². The summed E-state index contributed by atoms with van der Waals surface area (Å²) in [4.78, 5) is 0. The Kier molecular flexibility index (Phi) is 5.70. The van der Waals surface area contributed by atoms with Gasteiger partial charge in [-0.2, -0.15) is 0 Å². The molecule has 0 spiro atoms. The number of benzene rings is 1. The fourth-order valence-electron chi connectivity index (χ4n) is 3.06. The van der Waals surface area contributed by atoms with Gasteiger partial charge in [-0.1, -0.05) is 12.8 Å². The second kappa shape index (κ2) is 7.52. The number of hydrogen-bond acceptors (Lipinski definition) is 5. The largest absolute Gasteiger partial charge is 0.493 e. The van der Waals surface area contributed by atoms with Crippen LogP contribution in [0.4, 0.5) is 0 Å². The van der Waals surface area contributed by atoms with E-state index in [-0.39, 0.29) is 6.04 Å². The van der Waals surface area contributed by atoms with Crippen molar-refractivity contribution in [1.29, 1.82) is 0 Å². The second-order valence-electron chi connectivity index (χ2n) is 5.36. The maximum atomic E-state index is 5.98. The molecule has 1 unspecified atom stereocenters. The third kappa shape index (κ3) is 3.41. The molecule has 0 radical (unpaired) electrons. The Balaban J connectivity index is 2.30. The van der Waals surface area contributed by atoms with E-state index < -0.39 is 0 Å². The molecule has 1 aromatic rings. The Morgan fingerprint density at radius 1 is 1.10 bits per heavy atom. The molecule has 3 N–H and O–H groups in total. The number of rotatable bonds is 7. The Morgan fingerprint density at radius 3 is 2.29 bits per heavy atom. The van der Waals surface area contributed by atoms with Crippen molar-refractivity contribution in [3.63, 3.8) is 0 Å². The molecule has 0 heterocycles. The van der Waals surface area contributed by atoms with Crippen molar-refractivity contribution in [1.82, 2.24) is 5.32 Å². The Labute approximate surface area is 126 Å². The van der Waals surface area contributed by atoms with Gasteiger partial charge in [0.25, 0.3) is 0 Å². The highest BCUT2D eigenvalue weighted by Crippen LogP contribution is 2.42. The highest BCUT2D eigenvalue weighted by molar-refractivity contribution is 5.56. The van der Waals surface area contributed by atoms with E-state index in [1.54, 1.807) is 21.3 Å². The van der Waals surface area contributed by atoms with Crippen molar-refractivity contribution in [2.24, 2.45) is 5.73 Å². The van der Waals surface area contributed by atoms with Crippen LogP contribution in [-0.2, 0) is 0 Å². The lowest BCUT2D eigenvalue weighted by atomic mass is 10.0. The molecule has 1 atom stereocenters. The molecule has 21 heavy (non-hydrogen) atoms. The van der Waals surface area contributed by atoms with E-state index in [9.17, 15) is 0 Å². The first-order valence-electron chi connectivity index (χ1n) is 7.50. The quantitative estimate of drug-likeness (QED) is 0.807. The predicted octanol–water partition coefficient (Wildman–Crippen LogP) is 2.24. The highest BCUT2D eigenvalue weighted by Gasteiger charge is 2.24. The van der Waals surface area contributed by atoms with Crippen molar-refractivity contribution in [2.45, 2.75) is 37.8 Å². The van der Waals surface area contributed by atoms with Gasteiger partial charge in [-0.15, -0.1) is 0 Å². The summed E-state index contributed by atoms with van der Waals surface area (Å²) in [5.74, 6) is 1.97. The van der Waals surface area contributed by atoms with Gasteiger partial charge in [0, 0.05) is 24.2 Å². The SMILES string of the molecule is COc1ccc(C(CN)NC2CCCC2)c(OC)c1OC. The van der Waals surface area contributed by atoms with Gasteiger partial charge in [0.1, 0.15) is 0 Å². The maximum Gasteiger partial charge on any atom is 0.203 e. The molecule has 118 valence electrons. The van der Waals surface area contributed by atoms with Gasteiger partial charge in [-0.25, -0.2) is 0 Å². The van der Waals surface area contributed by atoms with Crippen LogP contribution in [0.3, 0.4) is 0 Å². The molecule has 1 aliphatic carbocycles. The topological polar surface area (TPSA) is 65.7 Å². The number of methoxy groups -OCH3 is 3. The Bertz CT molecular complexity index is 459. The molecule has 0 aliphatic heterocycles. The van der Waals surface area contributed by atoms with Gasteiger partial charge in [-0.3, -0.25) is 0 Å². The van der Waals surface area contributed by atoms with Crippen LogP contribution in [0.1, 0.15) is 37.3 Å². The summed E-state index contributed by atoms with van der Waals surface area (Å²) in [6.45, 7) is 0.516. The summed E-state index contributed by atoms with van der Waals surface area (Å²) in [5, 5.41) is 3.64. The van der Waals surface area contributed by atoms with Crippen molar-refractivity contribution < 1.29 is 14.2 Å². The minimum Gasteiger partial charge on any atom is -0.493 e. The van der Waals surface area contributed by atoms with E-state index in [0.29, 0.717) is 29.8 Å². The zero-order valence-electron chi connectivity index (χ0n) is 13.1. The van der Waals surface area contributed by atoms with Crippen molar-refractivity contribution in [2.75, 3.05) is 27.9 Å². The smallest absolute Gasteiger partial charge is 0.203 e. The van der Waals surface area contributed by atoms with Crippen molar-refractivity contribution >= 4 is 0 Å². The normalized spacial score (nSPS) is 16.8. The number of hydrogen-bond donors (Lipinski definition) is 2. The summed E-state index contributed by atoms with van der Waals surface area (Å²) in [6, 6.07) is 4.49. The average molecular weight is 294 g/mol. The molecular weight excluding hydrogens is 268 g/mol. The Morgan fingerprint density at radius 2 is 1.76 bits per heavy atom. The summed E-state index contributed by atoms with van der Waals surface area (Å²) >= 11 is 0. The van der Waals surface area contributed by atoms with Crippen LogP contribution in [0.5, 0.6) is 17.2 Å². The summed E-state index contributed by atoms with van der Waals surface area (Å²) in [7, 11) is 4.88. The Hall–Kier alpha value is -1.46. The molecular formula is C16H26N2O3. The van der Waals surface area contributed by atoms with E-state index in [2.05, 4.69) is 5.32 Å². The fraction of sp³-hybridized carbons (Fsp3) is 0.625. The minimum atomic E-state index is 0.0582. The average Bonchev–Trinajstić information content (AvgIpc) is 3.04. The van der Waals surface area contributed by atoms with E-state index in [1.165, 1.54) is 25.7 Å². The van der Waals surface area contributed by atoms with Gasteiger partial charge in [0.15, 0.2) is 11.5 Å². The summed E-state index contributed by atoms with van der Waals surface area (Å²) in [6.07, 6.45) is 5.01. The molecule has 5 heteroatoms. The van der Waals surface area contributed by atoms with Crippen LogP contribution in [0.15, 0.2) is 12.1 Å². The molecule has 0 amide bonds. The van der Waals surface area contributed by atoms with Crippen LogP contribution in [-0.4, -0.2) is 33.9 Å². The first-order chi connectivity index (χ1) is 10.2. The molecule has 1 fully saturated rings. The zero-order valence-corrected chi connectivity index (χ0v) is 13.1. The molecule has 2 rings (SSSR count). The number of ether oxygens (including phenoxy) is 3. The third-order valence-electron chi connectivity index (χ3n) is 4.14. The minimum absolute atomic E-state index is 0.0582. The molecule has 1 aromatic carbocycles. The maximum absolute atomic E-state index is 5.98. The molecule has 1 saturated carbocycles. The van der Waals surface area contributed by atoms with Gasteiger partial charge in [0.2, 0.25) is 5.75 Å². The van der Waals surface area contributed by atoms with Gasteiger partial charge >= 0.3 is 0 Å². The molecule has 5 nitrogen and oxygen atoms in total. The third-order valence-corrected chi connectivity index (χ3v) is 4.14. The van der Waals surface area contributed by atoms with E-state index in [1.807, 2.05) is 12.1 Å². The first kappa shape index (κ1) is 15.9. The highest BCUT2D eigenvalue weighted by atomic mass is 16.5. The second-order valence-corrected chi connectivity index (χ2v) is 5.36. The number of nitrogens with one attached hydrogen (secondary N) is 1. The van der Waals surface area contributed by atoms with E-state index in [4.69, 9.17) is 19.9 Å². The van der Waals surface area contributed by atoms with Crippen LogP contribution >= 0.6 is 0 Å². The fourth-order valence-corrected chi connectivity index (χ4v) is 3.06. The number of nitrogens with two attached hydrogens (primary N) is 1. The first-order valence-corrected chi connectivity index (χ1v) is 7.50. The molecule has 1 aliphatic rings. The lowest BCUT2D eigenvalue weighted by Gasteiger charge is -2.25. The summed E-state index contributed by atoms with van der Waals surface area (Å²) < 4.78 is 16.3. The molecule has 0 bridgehead atoms. The molecule has 0 saturated heterocycles. The van der Waals surface area contributed by atoms with Crippen LogP contribution in [0.25, 0.3) is 0 Å². The van der Waals surface area contributed by atoms with Crippen LogP contribution in [0.2, 0.25) is 0 Å². The lowest BCUT2D eigenvalue weighted by Crippen LogP contribution is -2.35. The molecule has 0 aromatic heterocycles.